The molecule has 0 spiro atoms. The van der Waals surface area contributed by atoms with Crippen LogP contribution < -0.4 is 16.1 Å². The SMILES string of the molecule is Cc1c(-c2ccccc2)oc2c(C(=O)Nc3ccc(C(=O)NC4CCCC4)cc3)cccc2c1=O. The van der Waals surface area contributed by atoms with Crippen LogP contribution in [-0.4, -0.2) is 17.9 Å². The molecular formula is C29H26N2O4. The first-order valence-corrected chi connectivity index (χ1v) is 11.9. The number of rotatable bonds is 5. The van der Waals surface area contributed by atoms with Crippen molar-refractivity contribution in [1.82, 2.24) is 5.32 Å². The molecule has 1 saturated carbocycles. The van der Waals surface area contributed by atoms with Crippen molar-refractivity contribution in [1.29, 1.82) is 0 Å². The molecule has 5 rings (SSSR count). The van der Waals surface area contributed by atoms with E-state index in [1.54, 1.807) is 49.4 Å². The van der Waals surface area contributed by atoms with Gasteiger partial charge in [-0.2, -0.15) is 0 Å². The van der Waals surface area contributed by atoms with Crippen LogP contribution >= 0.6 is 0 Å². The van der Waals surface area contributed by atoms with Gasteiger partial charge >= 0.3 is 0 Å². The number of anilines is 1. The second-order valence-corrected chi connectivity index (χ2v) is 8.92. The van der Waals surface area contributed by atoms with E-state index in [1.807, 2.05) is 30.3 Å². The third-order valence-electron chi connectivity index (χ3n) is 6.52. The normalized spacial score (nSPS) is 13.6. The number of carbonyl (C=O) groups is 2. The molecule has 0 aliphatic heterocycles. The van der Waals surface area contributed by atoms with Gasteiger partial charge in [-0.05, 0) is 56.2 Å². The molecule has 1 heterocycles. The van der Waals surface area contributed by atoms with Crippen molar-refractivity contribution >= 4 is 28.5 Å². The van der Waals surface area contributed by atoms with Crippen molar-refractivity contribution in [3.05, 3.63) is 99.7 Å². The van der Waals surface area contributed by atoms with Crippen molar-refractivity contribution < 1.29 is 14.0 Å². The molecule has 3 aromatic carbocycles. The van der Waals surface area contributed by atoms with Gasteiger partial charge < -0.3 is 15.1 Å². The van der Waals surface area contributed by atoms with E-state index in [4.69, 9.17) is 4.42 Å². The van der Waals surface area contributed by atoms with Crippen molar-refractivity contribution in [2.45, 2.75) is 38.6 Å². The second kappa shape index (κ2) is 9.58. The maximum atomic E-state index is 13.2. The fourth-order valence-electron chi connectivity index (χ4n) is 4.60. The van der Waals surface area contributed by atoms with Crippen LogP contribution in [0.1, 0.15) is 52.0 Å². The Morgan fingerprint density at radius 3 is 2.29 bits per heavy atom. The molecule has 0 bridgehead atoms. The number of fused-ring (bicyclic) bond motifs is 1. The molecule has 4 aromatic rings. The lowest BCUT2D eigenvalue weighted by molar-refractivity contribution is 0.0937. The van der Waals surface area contributed by atoms with Crippen LogP contribution in [0.2, 0.25) is 0 Å². The molecule has 2 N–H and O–H groups in total. The highest BCUT2D eigenvalue weighted by Crippen LogP contribution is 2.28. The Kier molecular flexibility index (Phi) is 6.19. The van der Waals surface area contributed by atoms with E-state index in [1.165, 1.54) is 0 Å². The topological polar surface area (TPSA) is 88.4 Å². The monoisotopic (exact) mass is 466 g/mol. The van der Waals surface area contributed by atoms with Gasteiger partial charge in [0.2, 0.25) is 0 Å². The minimum Gasteiger partial charge on any atom is -0.455 e. The summed E-state index contributed by atoms with van der Waals surface area (Å²) in [5.41, 5.74) is 2.69. The summed E-state index contributed by atoms with van der Waals surface area (Å²) in [6.45, 7) is 1.73. The van der Waals surface area contributed by atoms with Gasteiger partial charge in [-0.25, -0.2) is 0 Å². The molecule has 6 nitrogen and oxygen atoms in total. The standard InChI is InChI=1S/C29H26N2O4/c1-18-25(32)23-12-7-13-24(27(23)35-26(18)19-8-3-2-4-9-19)29(34)31-22-16-14-20(15-17-22)28(33)30-21-10-5-6-11-21/h2-4,7-9,12-17,21H,5-6,10-11H2,1H3,(H,30,33)(H,31,34). The lowest BCUT2D eigenvalue weighted by Gasteiger charge is -2.13. The molecule has 0 unspecified atom stereocenters. The van der Waals surface area contributed by atoms with Gasteiger partial charge in [0.25, 0.3) is 11.8 Å². The van der Waals surface area contributed by atoms with Gasteiger partial charge in [-0.3, -0.25) is 14.4 Å². The average molecular weight is 467 g/mol. The van der Waals surface area contributed by atoms with E-state index < -0.39 is 5.91 Å². The van der Waals surface area contributed by atoms with Gasteiger partial charge in [-0.1, -0.05) is 49.2 Å². The summed E-state index contributed by atoms with van der Waals surface area (Å²) in [5, 5.41) is 6.27. The second-order valence-electron chi connectivity index (χ2n) is 8.92. The number of carbonyl (C=O) groups excluding carboxylic acids is 2. The van der Waals surface area contributed by atoms with Crippen LogP contribution in [0, 0.1) is 6.92 Å². The molecule has 1 fully saturated rings. The first-order chi connectivity index (χ1) is 17.0. The van der Waals surface area contributed by atoms with Gasteiger partial charge in [-0.15, -0.1) is 0 Å². The number of hydrogen-bond acceptors (Lipinski definition) is 4. The summed E-state index contributed by atoms with van der Waals surface area (Å²) >= 11 is 0. The largest absolute Gasteiger partial charge is 0.455 e. The molecular weight excluding hydrogens is 440 g/mol. The predicted molar refractivity (Wildman–Crippen MR) is 137 cm³/mol. The number of nitrogens with one attached hydrogen (secondary N) is 2. The summed E-state index contributed by atoms with van der Waals surface area (Å²) in [4.78, 5) is 38.7. The Bertz CT molecular complexity index is 1450. The van der Waals surface area contributed by atoms with E-state index >= 15 is 0 Å². The molecule has 1 aliphatic carbocycles. The van der Waals surface area contributed by atoms with E-state index in [-0.39, 0.29) is 28.5 Å². The molecule has 6 heteroatoms. The Hall–Kier alpha value is -4.19. The summed E-state index contributed by atoms with van der Waals surface area (Å²) in [6.07, 6.45) is 4.34. The highest BCUT2D eigenvalue weighted by atomic mass is 16.3. The Morgan fingerprint density at radius 2 is 1.57 bits per heavy atom. The lowest BCUT2D eigenvalue weighted by Crippen LogP contribution is -2.32. The number of hydrogen-bond donors (Lipinski definition) is 2. The lowest BCUT2D eigenvalue weighted by atomic mass is 10.0. The summed E-state index contributed by atoms with van der Waals surface area (Å²) < 4.78 is 6.15. The molecule has 35 heavy (non-hydrogen) atoms. The summed E-state index contributed by atoms with van der Waals surface area (Å²) in [6, 6.07) is 21.4. The van der Waals surface area contributed by atoms with Crippen molar-refractivity contribution in [2.24, 2.45) is 0 Å². The molecule has 1 aliphatic rings. The Labute approximate surface area is 203 Å². The smallest absolute Gasteiger partial charge is 0.259 e. The van der Waals surface area contributed by atoms with E-state index in [9.17, 15) is 14.4 Å². The van der Waals surface area contributed by atoms with Gasteiger partial charge in [0.15, 0.2) is 11.0 Å². The van der Waals surface area contributed by atoms with E-state index in [2.05, 4.69) is 10.6 Å². The fourth-order valence-corrected chi connectivity index (χ4v) is 4.60. The summed E-state index contributed by atoms with van der Waals surface area (Å²) in [5.74, 6) is -0.0554. The minimum atomic E-state index is -0.398. The van der Waals surface area contributed by atoms with Crippen molar-refractivity contribution in [3.8, 4) is 11.3 Å². The van der Waals surface area contributed by atoms with Gasteiger partial charge in [0.05, 0.1) is 10.9 Å². The molecule has 176 valence electrons. The third kappa shape index (κ3) is 4.60. The average Bonchev–Trinajstić information content (AvgIpc) is 3.40. The molecule has 0 atom stereocenters. The molecule has 2 amide bonds. The molecule has 0 radical (unpaired) electrons. The zero-order chi connectivity index (χ0) is 24.4. The summed E-state index contributed by atoms with van der Waals surface area (Å²) in [7, 11) is 0. The first kappa shape index (κ1) is 22.6. The number of para-hydroxylation sites is 1. The third-order valence-corrected chi connectivity index (χ3v) is 6.52. The van der Waals surface area contributed by atoms with Crippen LogP contribution in [0.5, 0.6) is 0 Å². The molecule has 1 aromatic heterocycles. The van der Waals surface area contributed by atoms with Crippen LogP contribution in [0.3, 0.4) is 0 Å². The highest BCUT2D eigenvalue weighted by Gasteiger charge is 2.20. The number of amides is 2. The first-order valence-electron chi connectivity index (χ1n) is 11.9. The maximum absolute atomic E-state index is 13.2. The van der Waals surface area contributed by atoms with Crippen LogP contribution in [0.15, 0.2) is 82.0 Å². The zero-order valence-corrected chi connectivity index (χ0v) is 19.5. The quantitative estimate of drug-likeness (QED) is 0.395. The predicted octanol–water partition coefficient (Wildman–Crippen LogP) is 5.69. The van der Waals surface area contributed by atoms with Gasteiger partial charge in [0.1, 0.15) is 5.76 Å². The fraction of sp³-hybridized carbons (Fsp3) is 0.207. The van der Waals surface area contributed by atoms with Crippen LogP contribution in [0.25, 0.3) is 22.3 Å². The zero-order valence-electron chi connectivity index (χ0n) is 19.5. The maximum Gasteiger partial charge on any atom is 0.259 e. The van der Waals surface area contributed by atoms with E-state index in [0.717, 1.165) is 31.2 Å². The van der Waals surface area contributed by atoms with Crippen molar-refractivity contribution in [2.75, 3.05) is 5.32 Å². The number of benzene rings is 3. The Balaban J connectivity index is 1.41. The minimum absolute atomic E-state index is 0.102. The van der Waals surface area contributed by atoms with Crippen LogP contribution in [-0.2, 0) is 0 Å². The Morgan fingerprint density at radius 1 is 0.857 bits per heavy atom. The van der Waals surface area contributed by atoms with Gasteiger partial charge in [0, 0.05) is 28.4 Å². The van der Waals surface area contributed by atoms with E-state index in [0.29, 0.717) is 28.0 Å². The van der Waals surface area contributed by atoms with Crippen LogP contribution in [0.4, 0.5) is 5.69 Å². The van der Waals surface area contributed by atoms with Crippen molar-refractivity contribution in [3.63, 3.8) is 0 Å². The highest BCUT2D eigenvalue weighted by molar-refractivity contribution is 6.11. The molecule has 0 saturated heterocycles.